The lowest BCUT2D eigenvalue weighted by molar-refractivity contribution is -0.117. The zero-order valence-corrected chi connectivity index (χ0v) is 25.3. The number of aliphatic hydroxyl groups excluding tert-OH is 1. The molecule has 1 aromatic heterocycles. The van der Waals surface area contributed by atoms with E-state index in [1.54, 1.807) is 42.5 Å². The number of nitrogens with zero attached hydrogens (tertiary/aromatic N) is 3. The number of ether oxygens (including phenoxy) is 2. The Morgan fingerprint density at radius 3 is 2.59 bits per heavy atom. The van der Waals surface area contributed by atoms with Crippen molar-refractivity contribution in [3.05, 3.63) is 125 Å². The number of rotatable bonds is 13. The summed E-state index contributed by atoms with van der Waals surface area (Å²) < 4.78 is 25.4. The van der Waals surface area contributed by atoms with E-state index in [0.29, 0.717) is 33.8 Å². The van der Waals surface area contributed by atoms with E-state index < -0.39 is 23.5 Å². The summed E-state index contributed by atoms with van der Waals surface area (Å²) >= 11 is 2.52. The summed E-state index contributed by atoms with van der Waals surface area (Å²) in [5, 5.41) is 19.8. The Hall–Kier alpha value is -4.74. The van der Waals surface area contributed by atoms with Crippen molar-refractivity contribution in [2.24, 2.45) is 0 Å². The first-order valence-corrected chi connectivity index (χ1v) is 15.4. The summed E-state index contributed by atoms with van der Waals surface area (Å²) in [4.78, 5) is 28.5. The molecule has 2 heterocycles. The van der Waals surface area contributed by atoms with Crippen LogP contribution in [0.25, 0.3) is 6.08 Å². The Morgan fingerprint density at radius 2 is 1.86 bits per heavy atom. The summed E-state index contributed by atoms with van der Waals surface area (Å²) in [5.41, 5.74) is 2.08. The minimum absolute atomic E-state index is 0.0971. The SMILES string of the molecule is C=CCOc1ccc(C2C(C(=O)/C=C/c3ccccc3)=C(O)C(=O)N2c2nnc(SCc3ccc(F)cc3)s2)cc1OCC. The Bertz CT molecular complexity index is 1720. The third kappa shape index (κ3) is 6.90. The summed E-state index contributed by atoms with van der Waals surface area (Å²) in [6.07, 6.45) is 4.57. The Balaban J connectivity index is 1.51. The van der Waals surface area contributed by atoms with Crippen LogP contribution in [0, 0.1) is 5.82 Å². The zero-order valence-electron chi connectivity index (χ0n) is 23.7. The van der Waals surface area contributed by atoms with Gasteiger partial charge in [0.1, 0.15) is 12.4 Å². The standard InChI is InChI=1S/C33H28FN3O5S2/c1-3-18-42-26-17-13-23(19-27(26)41-4-2)29-28(25(38)16-12-21-8-6-5-7-9-21)30(39)31(40)37(29)32-35-36-33(44-32)43-20-22-10-14-24(34)15-11-22/h3,5-17,19,29,39H,1,4,18,20H2,2H3/b16-12+. The second kappa shape index (κ2) is 14.2. The largest absolute Gasteiger partial charge is 0.503 e. The van der Waals surface area contributed by atoms with E-state index in [4.69, 9.17) is 9.47 Å². The number of ketones is 1. The van der Waals surface area contributed by atoms with Gasteiger partial charge in [0.05, 0.1) is 18.2 Å². The van der Waals surface area contributed by atoms with Crippen molar-refractivity contribution in [1.29, 1.82) is 0 Å². The number of benzene rings is 3. The topological polar surface area (TPSA) is 102 Å². The molecule has 224 valence electrons. The van der Waals surface area contributed by atoms with Gasteiger partial charge in [-0.3, -0.25) is 14.5 Å². The number of hydrogen-bond donors (Lipinski definition) is 1. The number of hydrogen-bond acceptors (Lipinski definition) is 9. The molecule has 0 aliphatic carbocycles. The molecule has 11 heteroatoms. The second-order valence-electron chi connectivity index (χ2n) is 9.45. The van der Waals surface area contributed by atoms with Gasteiger partial charge in [0.2, 0.25) is 5.13 Å². The minimum Gasteiger partial charge on any atom is -0.503 e. The molecule has 0 spiro atoms. The summed E-state index contributed by atoms with van der Waals surface area (Å²) in [7, 11) is 0. The fourth-order valence-electron chi connectivity index (χ4n) is 4.51. The molecule has 1 atom stereocenters. The lowest BCUT2D eigenvalue weighted by Crippen LogP contribution is -2.31. The minimum atomic E-state index is -1.02. The predicted octanol–water partition coefficient (Wildman–Crippen LogP) is 7.12. The van der Waals surface area contributed by atoms with Gasteiger partial charge in [-0.25, -0.2) is 4.39 Å². The molecule has 44 heavy (non-hydrogen) atoms. The quantitative estimate of drug-likeness (QED) is 0.0723. The van der Waals surface area contributed by atoms with Gasteiger partial charge in [0, 0.05) is 5.75 Å². The van der Waals surface area contributed by atoms with Crippen LogP contribution in [0.4, 0.5) is 9.52 Å². The number of aromatic nitrogens is 2. The van der Waals surface area contributed by atoms with Gasteiger partial charge < -0.3 is 14.6 Å². The maximum absolute atomic E-state index is 13.6. The second-order valence-corrected chi connectivity index (χ2v) is 11.6. The van der Waals surface area contributed by atoms with E-state index in [9.17, 15) is 19.1 Å². The van der Waals surface area contributed by atoms with Crippen LogP contribution in [0.2, 0.25) is 0 Å². The lowest BCUT2D eigenvalue weighted by Gasteiger charge is -2.24. The number of aliphatic hydroxyl groups is 1. The molecular weight excluding hydrogens is 602 g/mol. The predicted molar refractivity (Wildman–Crippen MR) is 170 cm³/mol. The smallest absolute Gasteiger partial charge is 0.296 e. The molecular formula is C33H28FN3O5S2. The maximum Gasteiger partial charge on any atom is 0.296 e. The van der Waals surface area contributed by atoms with Crippen LogP contribution in [0.15, 0.2) is 107 Å². The number of carbonyl (C=O) groups excluding carboxylic acids is 2. The summed E-state index contributed by atoms with van der Waals surface area (Å²) in [5.74, 6) is -0.918. The molecule has 1 amide bonds. The van der Waals surface area contributed by atoms with Crippen molar-refractivity contribution in [3.63, 3.8) is 0 Å². The monoisotopic (exact) mass is 629 g/mol. The van der Waals surface area contributed by atoms with Gasteiger partial charge in [-0.05, 0) is 54.0 Å². The maximum atomic E-state index is 13.6. The van der Waals surface area contributed by atoms with Crippen molar-refractivity contribution >= 4 is 46.0 Å². The van der Waals surface area contributed by atoms with Crippen LogP contribution in [0.1, 0.15) is 29.7 Å². The normalized spacial score (nSPS) is 14.8. The molecule has 1 unspecified atom stereocenters. The molecule has 4 aromatic rings. The highest BCUT2D eigenvalue weighted by Gasteiger charge is 2.45. The first-order chi connectivity index (χ1) is 21.4. The Kier molecular flexibility index (Phi) is 9.88. The van der Waals surface area contributed by atoms with Crippen molar-refractivity contribution in [3.8, 4) is 11.5 Å². The molecule has 0 saturated carbocycles. The van der Waals surface area contributed by atoms with E-state index in [2.05, 4.69) is 16.8 Å². The van der Waals surface area contributed by atoms with Crippen LogP contribution in [0.3, 0.4) is 0 Å². The van der Waals surface area contributed by atoms with Crippen LogP contribution in [0.5, 0.6) is 11.5 Å². The third-order valence-corrected chi connectivity index (χ3v) is 8.64. The zero-order chi connectivity index (χ0) is 31.1. The van der Waals surface area contributed by atoms with Crippen molar-refractivity contribution in [1.82, 2.24) is 10.2 Å². The molecule has 0 bridgehead atoms. The van der Waals surface area contributed by atoms with E-state index in [1.807, 2.05) is 37.3 Å². The molecule has 1 N–H and O–H groups in total. The van der Waals surface area contributed by atoms with Gasteiger partial charge in [0.15, 0.2) is 27.4 Å². The Labute approximate surface area is 262 Å². The molecule has 0 fully saturated rings. The fraction of sp³-hybridized carbons (Fsp3) is 0.152. The third-order valence-electron chi connectivity index (χ3n) is 6.52. The van der Waals surface area contributed by atoms with E-state index in [-0.39, 0.29) is 23.1 Å². The molecule has 1 aliphatic rings. The highest BCUT2D eigenvalue weighted by atomic mass is 32.2. The van der Waals surface area contributed by atoms with Crippen LogP contribution >= 0.6 is 23.1 Å². The fourth-order valence-corrected chi connectivity index (χ4v) is 6.33. The van der Waals surface area contributed by atoms with E-state index in [0.717, 1.165) is 22.5 Å². The highest BCUT2D eigenvalue weighted by molar-refractivity contribution is 8.00. The molecule has 0 radical (unpaired) electrons. The number of allylic oxidation sites excluding steroid dienone is 1. The van der Waals surface area contributed by atoms with Gasteiger partial charge in [-0.1, -0.05) is 90.4 Å². The van der Waals surface area contributed by atoms with Crippen LogP contribution < -0.4 is 14.4 Å². The number of amides is 1. The lowest BCUT2D eigenvalue weighted by atomic mass is 9.95. The first kappa shape index (κ1) is 30.7. The number of thioether (sulfide) groups is 1. The number of halogens is 1. The molecule has 1 aliphatic heterocycles. The van der Waals surface area contributed by atoms with Crippen LogP contribution in [-0.4, -0.2) is 40.2 Å². The average molecular weight is 630 g/mol. The van der Waals surface area contributed by atoms with Gasteiger partial charge in [-0.2, -0.15) is 0 Å². The van der Waals surface area contributed by atoms with E-state index in [1.165, 1.54) is 34.9 Å². The highest BCUT2D eigenvalue weighted by Crippen LogP contribution is 2.45. The van der Waals surface area contributed by atoms with Gasteiger partial charge in [0.25, 0.3) is 5.91 Å². The number of carbonyl (C=O) groups is 2. The first-order valence-electron chi connectivity index (χ1n) is 13.6. The van der Waals surface area contributed by atoms with Crippen molar-refractivity contribution in [2.45, 2.75) is 23.1 Å². The summed E-state index contributed by atoms with van der Waals surface area (Å²) in [6, 6.07) is 19.4. The van der Waals surface area contributed by atoms with Crippen molar-refractivity contribution < 1.29 is 28.6 Å². The van der Waals surface area contributed by atoms with Gasteiger partial charge >= 0.3 is 0 Å². The van der Waals surface area contributed by atoms with Gasteiger partial charge in [-0.15, -0.1) is 10.2 Å². The van der Waals surface area contributed by atoms with Crippen LogP contribution in [-0.2, 0) is 15.3 Å². The summed E-state index contributed by atoms with van der Waals surface area (Å²) in [6.45, 7) is 6.11. The molecule has 3 aromatic carbocycles. The average Bonchev–Trinajstić information content (AvgIpc) is 3.61. The van der Waals surface area contributed by atoms with Crippen molar-refractivity contribution in [2.75, 3.05) is 18.1 Å². The molecule has 0 saturated heterocycles. The Morgan fingerprint density at radius 1 is 1.09 bits per heavy atom. The molecule has 8 nitrogen and oxygen atoms in total. The van der Waals surface area contributed by atoms with E-state index >= 15 is 0 Å². The number of anilines is 1. The molecule has 5 rings (SSSR count).